The summed E-state index contributed by atoms with van der Waals surface area (Å²) in [6.07, 6.45) is 3.16. The lowest BCUT2D eigenvalue weighted by Gasteiger charge is -2.35. The van der Waals surface area contributed by atoms with Crippen molar-refractivity contribution in [2.24, 2.45) is 5.92 Å². The molecule has 42 heavy (non-hydrogen) atoms. The molecule has 226 valence electrons. The fraction of sp³-hybridized carbons (Fsp3) is 0.515. The zero-order chi connectivity index (χ0) is 30.3. The summed E-state index contributed by atoms with van der Waals surface area (Å²) >= 11 is 0. The molecule has 2 atom stereocenters. The van der Waals surface area contributed by atoms with Gasteiger partial charge in [-0.1, -0.05) is 49.4 Å². The summed E-state index contributed by atoms with van der Waals surface area (Å²) in [6, 6.07) is 16.1. The Labute approximate surface area is 249 Å². The molecule has 4 rings (SSSR count). The maximum absolute atomic E-state index is 13.4. The first-order chi connectivity index (χ1) is 20.0. The van der Waals surface area contributed by atoms with E-state index in [1.54, 1.807) is 4.90 Å². The van der Waals surface area contributed by atoms with Crippen LogP contribution in [0.2, 0.25) is 0 Å². The van der Waals surface area contributed by atoms with Crippen molar-refractivity contribution in [3.8, 4) is 0 Å². The minimum Gasteiger partial charge on any atom is -0.444 e. The number of nitrogens with zero attached hydrogens (tertiary/aromatic N) is 2. The summed E-state index contributed by atoms with van der Waals surface area (Å²) in [6.45, 7) is 8.86. The van der Waals surface area contributed by atoms with E-state index in [0.29, 0.717) is 51.0 Å². The lowest BCUT2D eigenvalue weighted by molar-refractivity contribution is -0.139. The topological polar surface area (TPSA) is 108 Å². The van der Waals surface area contributed by atoms with Crippen LogP contribution in [0.4, 0.5) is 10.5 Å². The van der Waals surface area contributed by atoms with Gasteiger partial charge in [0.15, 0.2) is 0 Å². The number of likely N-dealkylation sites (tertiary alicyclic amines) is 2. The van der Waals surface area contributed by atoms with Crippen LogP contribution in [0.5, 0.6) is 0 Å². The molecule has 2 heterocycles. The smallest absolute Gasteiger partial charge is 0.410 e. The largest absolute Gasteiger partial charge is 0.444 e. The number of aryl methyl sites for hydroxylation is 1. The molecule has 0 aliphatic carbocycles. The summed E-state index contributed by atoms with van der Waals surface area (Å²) in [5.74, 6) is -0.856. The van der Waals surface area contributed by atoms with Crippen molar-refractivity contribution >= 4 is 29.5 Å². The molecule has 2 aliphatic rings. The van der Waals surface area contributed by atoms with E-state index in [0.717, 1.165) is 18.4 Å². The van der Waals surface area contributed by atoms with E-state index in [-0.39, 0.29) is 23.6 Å². The number of carbonyl (C=O) groups is 4. The fourth-order valence-electron chi connectivity index (χ4n) is 5.54. The van der Waals surface area contributed by atoms with Crippen molar-refractivity contribution in [3.63, 3.8) is 0 Å². The van der Waals surface area contributed by atoms with Crippen molar-refractivity contribution in [2.75, 3.05) is 25.0 Å². The van der Waals surface area contributed by atoms with Gasteiger partial charge >= 0.3 is 6.09 Å². The average Bonchev–Trinajstić information content (AvgIpc) is 3.47. The summed E-state index contributed by atoms with van der Waals surface area (Å²) in [4.78, 5) is 56.0. The number of hydrogen-bond donors (Lipinski definition) is 2. The number of hydrogen-bond acceptors (Lipinski definition) is 5. The van der Waals surface area contributed by atoms with E-state index in [4.69, 9.17) is 4.74 Å². The number of anilines is 1. The van der Waals surface area contributed by atoms with Gasteiger partial charge in [0.2, 0.25) is 17.7 Å². The van der Waals surface area contributed by atoms with E-state index < -0.39 is 23.8 Å². The van der Waals surface area contributed by atoms with Crippen LogP contribution in [0.3, 0.4) is 0 Å². The van der Waals surface area contributed by atoms with Gasteiger partial charge in [0.25, 0.3) is 0 Å². The van der Waals surface area contributed by atoms with E-state index in [2.05, 4.69) is 17.6 Å². The number of benzene rings is 2. The maximum atomic E-state index is 13.4. The second kappa shape index (κ2) is 13.9. The molecule has 2 saturated heterocycles. The van der Waals surface area contributed by atoms with Crippen LogP contribution in [0.15, 0.2) is 54.6 Å². The molecule has 4 amide bonds. The minimum absolute atomic E-state index is 0.0901. The lowest BCUT2D eigenvalue weighted by Crippen LogP contribution is -2.53. The van der Waals surface area contributed by atoms with Crippen LogP contribution in [0.25, 0.3) is 0 Å². The number of nitrogens with one attached hydrogen (secondary N) is 2. The van der Waals surface area contributed by atoms with Crippen LogP contribution in [0.1, 0.15) is 64.5 Å². The summed E-state index contributed by atoms with van der Waals surface area (Å²) < 4.78 is 5.52. The highest BCUT2D eigenvalue weighted by Gasteiger charge is 2.40. The molecule has 9 heteroatoms. The van der Waals surface area contributed by atoms with Gasteiger partial charge in [-0.25, -0.2) is 4.79 Å². The zero-order valence-electron chi connectivity index (χ0n) is 25.2. The normalized spacial score (nSPS) is 18.3. The second-order valence-electron chi connectivity index (χ2n) is 12.2. The highest BCUT2D eigenvalue weighted by molar-refractivity contribution is 5.97. The highest BCUT2D eigenvalue weighted by atomic mass is 16.6. The van der Waals surface area contributed by atoms with Gasteiger partial charge in [0.05, 0.1) is 0 Å². The summed E-state index contributed by atoms with van der Waals surface area (Å²) in [5, 5.41) is 5.95. The molecule has 2 fully saturated rings. The third-order valence-corrected chi connectivity index (χ3v) is 7.89. The van der Waals surface area contributed by atoms with Crippen molar-refractivity contribution in [2.45, 2.75) is 83.9 Å². The van der Waals surface area contributed by atoms with Crippen LogP contribution in [-0.4, -0.2) is 70.9 Å². The molecular formula is C33H44N4O5. The quantitative estimate of drug-likeness (QED) is 0.479. The highest BCUT2D eigenvalue weighted by Crippen LogP contribution is 2.25. The number of amides is 4. The first-order valence-corrected chi connectivity index (χ1v) is 15.1. The lowest BCUT2D eigenvalue weighted by atomic mass is 9.94. The molecule has 2 aliphatic heterocycles. The predicted molar refractivity (Wildman–Crippen MR) is 162 cm³/mol. The molecule has 0 aromatic heterocycles. The fourth-order valence-corrected chi connectivity index (χ4v) is 5.54. The number of carbonyl (C=O) groups excluding carboxylic acids is 4. The van der Waals surface area contributed by atoms with Gasteiger partial charge in [0.1, 0.15) is 17.7 Å². The first kappa shape index (κ1) is 31.1. The monoisotopic (exact) mass is 576 g/mol. The molecule has 2 N–H and O–H groups in total. The van der Waals surface area contributed by atoms with Gasteiger partial charge < -0.3 is 20.3 Å². The summed E-state index contributed by atoms with van der Waals surface area (Å²) in [5.41, 5.74) is 2.18. The molecule has 2 aromatic carbocycles. The summed E-state index contributed by atoms with van der Waals surface area (Å²) in [7, 11) is 0. The van der Waals surface area contributed by atoms with Gasteiger partial charge in [-0.3, -0.25) is 19.3 Å². The number of piperidine rings is 1. The van der Waals surface area contributed by atoms with Crippen LogP contribution in [0, 0.1) is 5.92 Å². The number of ether oxygens (including phenoxy) is 1. The Morgan fingerprint density at radius 3 is 2.19 bits per heavy atom. The van der Waals surface area contributed by atoms with E-state index >= 15 is 0 Å². The van der Waals surface area contributed by atoms with E-state index in [1.807, 2.05) is 75.4 Å². The van der Waals surface area contributed by atoms with Gasteiger partial charge in [0, 0.05) is 37.7 Å². The minimum atomic E-state index is -0.744. The third kappa shape index (κ3) is 8.33. The van der Waals surface area contributed by atoms with E-state index in [1.165, 1.54) is 10.5 Å². The Hall–Kier alpha value is -3.88. The first-order valence-electron chi connectivity index (χ1n) is 15.1. The Bertz CT molecular complexity index is 1230. The van der Waals surface area contributed by atoms with Crippen molar-refractivity contribution in [1.29, 1.82) is 0 Å². The third-order valence-electron chi connectivity index (χ3n) is 7.89. The Morgan fingerprint density at radius 2 is 1.57 bits per heavy atom. The molecule has 9 nitrogen and oxygen atoms in total. The van der Waals surface area contributed by atoms with Gasteiger partial charge in [-0.15, -0.1) is 0 Å². The molecular weight excluding hydrogens is 532 g/mol. The van der Waals surface area contributed by atoms with Gasteiger partial charge in [-0.05, 0) is 76.1 Å². The van der Waals surface area contributed by atoms with Crippen LogP contribution in [-0.2, 0) is 32.0 Å². The molecule has 2 aromatic rings. The number of rotatable bonds is 8. The SMILES string of the molecule is CCc1ccc(NC(=O)[C@H](Cc2ccccc2)NC(=O)C2CCN(C(=O)[C@H]3CCCN3C(=O)OC(C)(C)C)CC2)cc1. The van der Waals surface area contributed by atoms with Crippen LogP contribution >= 0.6 is 0 Å². The molecule has 0 spiro atoms. The molecule has 0 radical (unpaired) electrons. The zero-order valence-corrected chi connectivity index (χ0v) is 25.2. The predicted octanol–water partition coefficient (Wildman–Crippen LogP) is 4.55. The Kier molecular flexibility index (Phi) is 10.2. The standard InChI is InChI=1S/C33H44N4O5/c1-5-23-13-15-26(16-14-23)34-30(39)27(22-24-10-7-6-8-11-24)35-29(38)25-17-20-36(21-18-25)31(40)28-12-9-19-37(28)32(41)42-33(2,3)4/h6-8,10-11,13-16,25,27-28H,5,9,12,17-22H2,1-4H3,(H,34,39)(H,35,38)/t27-,28+/m0/s1. The van der Waals surface area contributed by atoms with Gasteiger partial charge in [-0.2, -0.15) is 0 Å². The van der Waals surface area contributed by atoms with Crippen molar-refractivity contribution in [1.82, 2.24) is 15.1 Å². The molecule has 0 bridgehead atoms. The molecule has 0 unspecified atom stereocenters. The second-order valence-corrected chi connectivity index (χ2v) is 12.2. The van der Waals surface area contributed by atoms with Crippen molar-refractivity contribution < 1.29 is 23.9 Å². The van der Waals surface area contributed by atoms with Crippen molar-refractivity contribution in [3.05, 3.63) is 65.7 Å². The van der Waals surface area contributed by atoms with Crippen LogP contribution < -0.4 is 10.6 Å². The maximum Gasteiger partial charge on any atom is 0.410 e. The molecule has 0 saturated carbocycles. The Morgan fingerprint density at radius 1 is 0.905 bits per heavy atom. The average molecular weight is 577 g/mol. The Balaban J connectivity index is 1.35. The van der Waals surface area contributed by atoms with E-state index in [9.17, 15) is 19.2 Å².